The van der Waals surface area contributed by atoms with E-state index in [1.54, 1.807) is 36.5 Å². The van der Waals surface area contributed by atoms with Crippen molar-refractivity contribution in [1.29, 1.82) is 0 Å². The number of carboxylic acids is 1. The van der Waals surface area contributed by atoms with Crippen LogP contribution in [0.3, 0.4) is 0 Å². The van der Waals surface area contributed by atoms with Crippen LogP contribution >= 0.6 is 0 Å². The van der Waals surface area contributed by atoms with Crippen LogP contribution in [-0.2, 0) is 11.0 Å². The molecule has 0 fully saturated rings. The Morgan fingerprint density at radius 1 is 1.03 bits per heavy atom. The van der Waals surface area contributed by atoms with Crippen LogP contribution in [0.1, 0.15) is 47.4 Å². The number of amides is 1. The van der Waals surface area contributed by atoms with Gasteiger partial charge in [-0.05, 0) is 48.9 Å². The fourth-order valence-corrected chi connectivity index (χ4v) is 3.22. The molecule has 0 aliphatic carbocycles. The van der Waals surface area contributed by atoms with E-state index < -0.39 is 17.7 Å². The minimum atomic E-state index is -4.39. The summed E-state index contributed by atoms with van der Waals surface area (Å²) in [5, 5.41) is 11.2. The van der Waals surface area contributed by atoms with Crippen molar-refractivity contribution in [3.8, 4) is 17.0 Å². The zero-order chi connectivity index (χ0) is 24.7. The van der Waals surface area contributed by atoms with E-state index in [2.05, 4.69) is 10.3 Å². The first-order valence-corrected chi connectivity index (χ1v) is 10.6. The molecule has 1 atom stereocenters. The highest BCUT2D eigenvalue weighted by molar-refractivity contribution is 5.94. The van der Waals surface area contributed by atoms with Gasteiger partial charge in [0.05, 0.1) is 17.7 Å². The van der Waals surface area contributed by atoms with E-state index in [1.165, 1.54) is 12.1 Å². The third-order valence-corrected chi connectivity index (χ3v) is 5.06. The molecule has 0 bridgehead atoms. The fraction of sp³-hybridized carbons (Fsp3) is 0.240. The summed E-state index contributed by atoms with van der Waals surface area (Å²) in [6, 6.07) is 14.9. The third kappa shape index (κ3) is 6.57. The van der Waals surface area contributed by atoms with Gasteiger partial charge in [-0.25, -0.2) is 0 Å². The van der Waals surface area contributed by atoms with Crippen molar-refractivity contribution in [3.05, 3.63) is 83.6 Å². The summed E-state index contributed by atoms with van der Waals surface area (Å²) in [6.45, 7) is 1.98. The highest BCUT2D eigenvalue weighted by Crippen LogP contribution is 2.31. The molecule has 1 amide bonds. The van der Waals surface area contributed by atoms with Crippen LogP contribution < -0.4 is 10.1 Å². The van der Waals surface area contributed by atoms with Crippen molar-refractivity contribution < 1.29 is 32.6 Å². The second kappa shape index (κ2) is 10.8. The molecule has 34 heavy (non-hydrogen) atoms. The average Bonchev–Trinajstić information content (AvgIpc) is 2.82. The molecule has 0 radical (unpaired) electrons. The van der Waals surface area contributed by atoms with Gasteiger partial charge in [0, 0.05) is 29.4 Å². The maximum Gasteiger partial charge on any atom is 0.416 e. The molecule has 0 aliphatic heterocycles. The van der Waals surface area contributed by atoms with Crippen molar-refractivity contribution in [2.45, 2.75) is 32.0 Å². The van der Waals surface area contributed by atoms with Crippen LogP contribution in [0, 0.1) is 0 Å². The first-order valence-electron chi connectivity index (χ1n) is 10.6. The molecule has 1 unspecified atom stereocenters. The van der Waals surface area contributed by atoms with Crippen molar-refractivity contribution in [2.75, 3.05) is 6.54 Å². The molecule has 0 aliphatic rings. The van der Waals surface area contributed by atoms with Crippen LogP contribution in [0.15, 0.2) is 66.9 Å². The van der Waals surface area contributed by atoms with E-state index in [0.717, 1.165) is 17.7 Å². The van der Waals surface area contributed by atoms with Gasteiger partial charge in [-0.15, -0.1) is 0 Å². The molecular weight excluding hydrogens is 449 g/mol. The number of benzene rings is 2. The quantitative estimate of drug-likeness (QED) is 0.429. The van der Waals surface area contributed by atoms with Crippen molar-refractivity contribution in [1.82, 2.24) is 10.3 Å². The molecule has 1 heterocycles. The topological polar surface area (TPSA) is 88.5 Å². The number of nitrogens with one attached hydrogen (secondary N) is 1. The SMILES string of the molecule is CCC(Oc1ccc(C(=O)NCCC(=O)O)cc1)c1ccc(-c2ccc(C(F)(F)F)cc2)nc1. The molecule has 178 valence electrons. The predicted octanol–water partition coefficient (Wildman–Crippen LogP) is 5.50. The number of carbonyl (C=O) groups is 2. The number of pyridine rings is 1. The molecule has 1 aromatic heterocycles. The second-order valence-corrected chi connectivity index (χ2v) is 7.49. The second-order valence-electron chi connectivity index (χ2n) is 7.49. The summed E-state index contributed by atoms with van der Waals surface area (Å²) < 4.78 is 44.3. The van der Waals surface area contributed by atoms with E-state index in [0.29, 0.717) is 29.0 Å². The number of rotatable bonds is 9. The number of hydrogen-bond donors (Lipinski definition) is 2. The number of nitrogens with zero attached hydrogens (tertiary/aromatic N) is 1. The van der Waals surface area contributed by atoms with Gasteiger partial charge in [0.15, 0.2) is 0 Å². The minimum absolute atomic E-state index is 0.0415. The van der Waals surface area contributed by atoms with E-state index in [1.807, 2.05) is 13.0 Å². The lowest BCUT2D eigenvalue weighted by atomic mass is 10.1. The average molecular weight is 472 g/mol. The van der Waals surface area contributed by atoms with E-state index in [-0.39, 0.29) is 25.0 Å². The largest absolute Gasteiger partial charge is 0.486 e. The molecular formula is C25H23F3N2O4. The summed E-state index contributed by atoms with van der Waals surface area (Å²) in [5.41, 5.74) is 1.59. The number of hydrogen-bond acceptors (Lipinski definition) is 4. The first-order chi connectivity index (χ1) is 16.2. The summed E-state index contributed by atoms with van der Waals surface area (Å²) in [7, 11) is 0. The maximum absolute atomic E-state index is 12.8. The Bertz CT molecular complexity index is 1110. The fourth-order valence-electron chi connectivity index (χ4n) is 3.22. The number of ether oxygens (including phenoxy) is 1. The predicted molar refractivity (Wildman–Crippen MR) is 119 cm³/mol. The van der Waals surface area contributed by atoms with Gasteiger partial charge in [0.1, 0.15) is 11.9 Å². The number of carboxylic acid groups (broad SMARTS) is 1. The maximum atomic E-state index is 12.8. The van der Waals surface area contributed by atoms with Gasteiger partial charge in [0.25, 0.3) is 5.91 Å². The third-order valence-electron chi connectivity index (χ3n) is 5.06. The molecule has 3 aromatic rings. The molecule has 6 nitrogen and oxygen atoms in total. The van der Waals surface area contributed by atoms with Crippen LogP contribution in [0.2, 0.25) is 0 Å². The van der Waals surface area contributed by atoms with Crippen molar-refractivity contribution >= 4 is 11.9 Å². The standard InChI is InChI=1S/C25H23F3N2O4/c1-2-22(34-20-10-5-17(6-11-20)24(33)29-14-13-23(31)32)18-7-12-21(30-15-18)16-3-8-19(9-4-16)25(26,27)28/h3-12,15,22H,2,13-14H2,1H3,(H,29,33)(H,31,32). The molecule has 2 aromatic carbocycles. The van der Waals surface area contributed by atoms with Gasteiger partial charge in [-0.3, -0.25) is 14.6 Å². The first kappa shape index (κ1) is 24.8. The van der Waals surface area contributed by atoms with Crippen LogP contribution in [0.5, 0.6) is 5.75 Å². The van der Waals surface area contributed by atoms with Crippen LogP contribution in [0.4, 0.5) is 13.2 Å². The molecule has 0 saturated carbocycles. The summed E-state index contributed by atoms with van der Waals surface area (Å²) >= 11 is 0. The summed E-state index contributed by atoms with van der Waals surface area (Å²) in [4.78, 5) is 27.0. The van der Waals surface area contributed by atoms with E-state index in [9.17, 15) is 22.8 Å². The highest BCUT2D eigenvalue weighted by atomic mass is 19.4. The van der Waals surface area contributed by atoms with E-state index >= 15 is 0 Å². The Morgan fingerprint density at radius 3 is 2.24 bits per heavy atom. The number of carbonyl (C=O) groups excluding carboxylic acids is 1. The molecule has 2 N–H and O–H groups in total. The monoisotopic (exact) mass is 472 g/mol. The Balaban J connectivity index is 1.64. The number of halogens is 3. The summed E-state index contributed by atoms with van der Waals surface area (Å²) in [6.07, 6.45) is -2.59. The van der Waals surface area contributed by atoms with Crippen LogP contribution in [0.25, 0.3) is 11.3 Å². The zero-order valence-electron chi connectivity index (χ0n) is 18.3. The van der Waals surface area contributed by atoms with Gasteiger partial charge in [0.2, 0.25) is 0 Å². The number of aliphatic carboxylic acids is 1. The number of alkyl halides is 3. The summed E-state index contributed by atoms with van der Waals surface area (Å²) in [5.74, 6) is -0.819. The van der Waals surface area contributed by atoms with E-state index in [4.69, 9.17) is 9.84 Å². The van der Waals surface area contributed by atoms with Crippen molar-refractivity contribution in [2.24, 2.45) is 0 Å². The Labute approximate surface area is 194 Å². The lowest BCUT2D eigenvalue weighted by Crippen LogP contribution is -2.25. The van der Waals surface area contributed by atoms with Gasteiger partial charge >= 0.3 is 12.1 Å². The molecule has 0 spiro atoms. The normalized spacial score (nSPS) is 12.1. The Morgan fingerprint density at radius 2 is 1.71 bits per heavy atom. The van der Waals surface area contributed by atoms with Crippen molar-refractivity contribution in [3.63, 3.8) is 0 Å². The Hall–Kier alpha value is -3.88. The molecule has 0 saturated heterocycles. The lowest BCUT2D eigenvalue weighted by molar-refractivity contribution is -0.138. The minimum Gasteiger partial charge on any atom is -0.486 e. The highest BCUT2D eigenvalue weighted by Gasteiger charge is 2.30. The lowest BCUT2D eigenvalue weighted by Gasteiger charge is -2.18. The molecule has 9 heteroatoms. The Kier molecular flexibility index (Phi) is 7.88. The molecule has 3 rings (SSSR count). The smallest absolute Gasteiger partial charge is 0.416 e. The van der Waals surface area contributed by atoms with Gasteiger partial charge in [-0.2, -0.15) is 13.2 Å². The van der Waals surface area contributed by atoms with Crippen LogP contribution in [-0.4, -0.2) is 28.5 Å². The van der Waals surface area contributed by atoms with Gasteiger partial charge < -0.3 is 15.2 Å². The number of aromatic nitrogens is 1. The zero-order valence-corrected chi connectivity index (χ0v) is 18.3. The van der Waals surface area contributed by atoms with Gasteiger partial charge in [-0.1, -0.05) is 25.1 Å².